The van der Waals surface area contributed by atoms with Gasteiger partial charge in [-0.1, -0.05) is 12.2 Å². The zero-order valence-electron chi connectivity index (χ0n) is 7.32. The van der Waals surface area contributed by atoms with Crippen LogP contribution in [0.15, 0.2) is 12.2 Å². The van der Waals surface area contributed by atoms with Crippen LogP contribution in [0.5, 0.6) is 0 Å². The molecule has 3 nitrogen and oxygen atoms in total. The van der Waals surface area contributed by atoms with Crippen LogP contribution >= 0.6 is 0 Å². The number of hydrogen-bond acceptors (Lipinski definition) is 2. The Morgan fingerprint density at radius 3 is 2.08 bits per heavy atom. The van der Waals surface area contributed by atoms with Gasteiger partial charge in [-0.2, -0.15) is 15.0 Å². The van der Waals surface area contributed by atoms with Gasteiger partial charge in [-0.05, 0) is 25.7 Å². The first-order valence-corrected chi connectivity index (χ1v) is 4.40. The number of rotatable bonds is 0. The van der Waals surface area contributed by atoms with Crippen LogP contribution in [0.3, 0.4) is 0 Å². The van der Waals surface area contributed by atoms with Crippen molar-refractivity contribution in [1.29, 1.82) is 0 Å². The molecule has 1 heterocycles. The zero-order valence-corrected chi connectivity index (χ0v) is 7.32. The standard InChI is InChI=1S/C9H13N3/c1-12-10-8-6-4-2-3-5-7-9(8)11-12/h2-3H,4-7H2,1H3/b3-2+. The van der Waals surface area contributed by atoms with Crippen LogP contribution in [0.4, 0.5) is 0 Å². The molecule has 0 spiro atoms. The highest BCUT2D eigenvalue weighted by Gasteiger charge is 2.08. The van der Waals surface area contributed by atoms with Crippen molar-refractivity contribution in [2.24, 2.45) is 7.05 Å². The lowest BCUT2D eigenvalue weighted by atomic mass is 10.1. The monoisotopic (exact) mass is 163 g/mol. The third-order valence-electron chi connectivity index (χ3n) is 2.13. The Morgan fingerprint density at radius 2 is 1.58 bits per heavy atom. The summed E-state index contributed by atoms with van der Waals surface area (Å²) in [7, 11) is 1.89. The highest BCUT2D eigenvalue weighted by Crippen LogP contribution is 2.11. The smallest absolute Gasteiger partial charge is 0.0862 e. The SMILES string of the molecule is Cn1nc2c(n1)CC/C=C/CC2. The maximum Gasteiger partial charge on any atom is 0.0862 e. The summed E-state index contributed by atoms with van der Waals surface area (Å²) in [6.07, 6.45) is 8.76. The van der Waals surface area contributed by atoms with E-state index in [1.165, 1.54) is 11.4 Å². The lowest BCUT2D eigenvalue weighted by Gasteiger charge is -1.99. The minimum atomic E-state index is 1.04. The molecule has 0 saturated heterocycles. The molecule has 1 aromatic rings. The van der Waals surface area contributed by atoms with Gasteiger partial charge in [0.15, 0.2) is 0 Å². The maximum atomic E-state index is 4.32. The molecule has 1 aliphatic carbocycles. The molecule has 1 aromatic heterocycles. The van der Waals surface area contributed by atoms with Crippen LogP contribution in [0.2, 0.25) is 0 Å². The molecule has 12 heavy (non-hydrogen) atoms. The van der Waals surface area contributed by atoms with E-state index < -0.39 is 0 Å². The molecule has 0 N–H and O–H groups in total. The quantitative estimate of drug-likeness (QED) is 0.539. The molecule has 0 fully saturated rings. The predicted molar refractivity (Wildman–Crippen MR) is 46.8 cm³/mol. The van der Waals surface area contributed by atoms with Gasteiger partial charge in [0.2, 0.25) is 0 Å². The normalized spacial score (nSPS) is 19.4. The van der Waals surface area contributed by atoms with Crippen LogP contribution in [-0.4, -0.2) is 15.0 Å². The van der Waals surface area contributed by atoms with Gasteiger partial charge in [-0.25, -0.2) is 0 Å². The topological polar surface area (TPSA) is 30.7 Å². The average Bonchev–Trinajstić information content (AvgIpc) is 2.32. The first kappa shape index (κ1) is 7.53. The van der Waals surface area contributed by atoms with Crippen molar-refractivity contribution in [3.63, 3.8) is 0 Å². The van der Waals surface area contributed by atoms with Gasteiger partial charge in [0.05, 0.1) is 11.4 Å². The first-order valence-electron chi connectivity index (χ1n) is 4.40. The van der Waals surface area contributed by atoms with Crippen molar-refractivity contribution in [3.05, 3.63) is 23.5 Å². The molecule has 0 saturated carbocycles. The highest BCUT2D eigenvalue weighted by atomic mass is 15.5. The summed E-state index contributed by atoms with van der Waals surface area (Å²) in [5.74, 6) is 0. The lowest BCUT2D eigenvalue weighted by Crippen LogP contribution is -1.95. The van der Waals surface area contributed by atoms with Gasteiger partial charge in [0.1, 0.15) is 0 Å². The Kier molecular flexibility index (Phi) is 1.94. The van der Waals surface area contributed by atoms with Gasteiger partial charge < -0.3 is 0 Å². The maximum absolute atomic E-state index is 4.32. The Bertz CT molecular complexity index is 271. The summed E-state index contributed by atoms with van der Waals surface area (Å²) in [4.78, 5) is 1.68. The van der Waals surface area contributed by atoms with E-state index in [9.17, 15) is 0 Å². The van der Waals surface area contributed by atoms with Crippen molar-refractivity contribution in [1.82, 2.24) is 15.0 Å². The molecule has 2 rings (SSSR count). The minimum absolute atomic E-state index is 1.04. The fourth-order valence-electron chi connectivity index (χ4n) is 1.55. The van der Waals surface area contributed by atoms with E-state index in [4.69, 9.17) is 0 Å². The van der Waals surface area contributed by atoms with Gasteiger partial charge >= 0.3 is 0 Å². The van der Waals surface area contributed by atoms with Crippen LogP contribution in [0.25, 0.3) is 0 Å². The van der Waals surface area contributed by atoms with Crippen molar-refractivity contribution >= 4 is 0 Å². The minimum Gasteiger partial charge on any atom is -0.188 e. The Morgan fingerprint density at radius 1 is 1.08 bits per heavy atom. The van der Waals surface area contributed by atoms with E-state index >= 15 is 0 Å². The molecule has 0 radical (unpaired) electrons. The summed E-state index contributed by atoms with van der Waals surface area (Å²) >= 11 is 0. The predicted octanol–water partition coefficient (Wildman–Crippen LogP) is 1.25. The van der Waals surface area contributed by atoms with E-state index in [0.717, 1.165) is 25.7 Å². The molecule has 3 heteroatoms. The van der Waals surface area contributed by atoms with E-state index in [1.54, 1.807) is 4.80 Å². The second-order valence-corrected chi connectivity index (χ2v) is 3.13. The van der Waals surface area contributed by atoms with Crippen molar-refractivity contribution in [3.8, 4) is 0 Å². The summed E-state index contributed by atoms with van der Waals surface area (Å²) in [6.45, 7) is 0. The number of nitrogens with zero attached hydrogens (tertiary/aromatic N) is 3. The third-order valence-corrected chi connectivity index (χ3v) is 2.13. The van der Waals surface area contributed by atoms with Gasteiger partial charge in [0, 0.05) is 7.05 Å². The van der Waals surface area contributed by atoms with Crippen LogP contribution in [0.1, 0.15) is 24.2 Å². The summed E-state index contributed by atoms with van der Waals surface area (Å²) in [5.41, 5.74) is 2.36. The molecular formula is C9H13N3. The Balaban J connectivity index is 2.28. The number of allylic oxidation sites excluding steroid dienone is 2. The lowest BCUT2D eigenvalue weighted by molar-refractivity contribution is 0.639. The number of hydrogen-bond donors (Lipinski definition) is 0. The molecule has 0 aromatic carbocycles. The molecule has 1 aliphatic rings. The summed E-state index contributed by atoms with van der Waals surface area (Å²) in [5, 5.41) is 8.65. The van der Waals surface area contributed by atoms with E-state index in [1.807, 2.05) is 7.05 Å². The van der Waals surface area contributed by atoms with Crippen molar-refractivity contribution < 1.29 is 0 Å². The van der Waals surface area contributed by atoms with Crippen LogP contribution < -0.4 is 0 Å². The molecule has 0 bridgehead atoms. The van der Waals surface area contributed by atoms with Crippen LogP contribution in [-0.2, 0) is 19.9 Å². The van der Waals surface area contributed by atoms with E-state index in [-0.39, 0.29) is 0 Å². The molecule has 0 atom stereocenters. The molecular weight excluding hydrogens is 150 g/mol. The Hall–Kier alpha value is -1.12. The van der Waals surface area contributed by atoms with Crippen molar-refractivity contribution in [2.75, 3.05) is 0 Å². The van der Waals surface area contributed by atoms with Gasteiger partial charge in [-0.3, -0.25) is 0 Å². The van der Waals surface area contributed by atoms with Gasteiger partial charge in [0.25, 0.3) is 0 Å². The number of fused-ring (bicyclic) bond motifs is 1. The zero-order chi connectivity index (χ0) is 8.39. The number of aryl methyl sites for hydroxylation is 3. The Labute approximate surface area is 72.1 Å². The van der Waals surface area contributed by atoms with Gasteiger partial charge in [-0.15, -0.1) is 0 Å². The average molecular weight is 163 g/mol. The molecule has 64 valence electrons. The summed E-state index contributed by atoms with van der Waals surface area (Å²) < 4.78 is 0. The second-order valence-electron chi connectivity index (χ2n) is 3.13. The second kappa shape index (κ2) is 3.09. The first-order chi connectivity index (χ1) is 5.86. The van der Waals surface area contributed by atoms with Crippen molar-refractivity contribution in [2.45, 2.75) is 25.7 Å². The third kappa shape index (κ3) is 1.40. The fourth-order valence-corrected chi connectivity index (χ4v) is 1.55. The van der Waals surface area contributed by atoms with E-state index in [0.29, 0.717) is 0 Å². The number of aromatic nitrogens is 3. The fraction of sp³-hybridized carbons (Fsp3) is 0.556. The molecule has 0 amide bonds. The molecule has 0 unspecified atom stereocenters. The largest absolute Gasteiger partial charge is 0.188 e. The summed E-state index contributed by atoms with van der Waals surface area (Å²) in [6, 6.07) is 0. The molecule has 0 aliphatic heterocycles. The van der Waals surface area contributed by atoms with Crippen LogP contribution in [0, 0.1) is 0 Å². The highest BCUT2D eigenvalue weighted by molar-refractivity contribution is 5.12. The van der Waals surface area contributed by atoms with E-state index in [2.05, 4.69) is 22.3 Å².